The van der Waals surface area contributed by atoms with Gasteiger partial charge < -0.3 is 15.1 Å². The van der Waals surface area contributed by atoms with Crippen LogP contribution in [0.15, 0.2) is 18.2 Å². The van der Waals surface area contributed by atoms with Crippen LogP contribution in [0.2, 0.25) is 0 Å². The Morgan fingerprint density at radius 2 is 2.27 bits per heavy atom. The van der Waals surface area contributed by atoms with Crippen molar-refractivity contribution in [2.24, 2.45) is 0 Å². The van der Waals surface area contributed by atoms with Gasteiger partial charge in [0, 0.05) is 18.8 Å². The second-order valence-corrected chi connectivity index (χ2v) is 4.17. The molecule has 0 saturated carbocycles. The zero-order valence-electron chi connectivity index (χ0n) is 8.98. The lowest BCUT2D eigenvalue weighted by Crippen LogP contribution is -2.21. The molecular formula is C12H17NO2. The van der Waals surface area contributed by atoms with Crippen molar-refractivity contribution in [3.05, 3.63) is 29.3 Å². The molecule has 0 aromatic heterocycles. The summed E-state index contributed by atoms with van der Waals surface area (Å²) in [5.74, 6) is 0. The number of anilines is 1. The second kappa shape index (κ2) is 4.21. The summed E-state index contributed by atoms with van der Waals surface area (Å²) in [6, 6.07) is 5.96. The molecule has 0 amide bonds. The predicted octanol–water partition coefficient (Wildman–Crippen LogP) is 1.06. The van der Waals surface area contributed by atoms with Crippen molar-refractivity contribution >= 4 is 5.69 Å². The smallest absolute Gasteiger partial charge is 0.0731 e. The molecule has 3 nitrogen and oxygen atoms in total. The zero-order chi connectivity index (χ0) is 10.8. The first-order valence-corrected chi connectivity index (χ1v) is 5.34. The fraction of sp³-hybridized carbons (Fsp3) is 0.500. The minimum atomic E-state index is -0.193. The largest absolute Gasteiger partial charge is 0.392 e. The third-order valence-electron chi connectivity index (χ3n) is 2.95. The first-order valence-electron chi connectivity index (χ1n) is 5.34. The highest BCUT2D eigenvalue weighted by atomic mass is 16.3. The number of aliphatic hydroxyl groups excluding tert-OH is 2. The van der Waals surface area contributed by atoms with Crippen LogP contribution < -0.4 is 4.90 Å². The van der Waals surface area contributed by atoms with Crippen molar-refractivity contribution < 1.29 is 10.2 Å². The van der Waals surface area contributed by atoms with E-state index in [1.807, 2.05) is 25.1 Å². The fourth-order valence-corrected chi connectivity index (χ4v) is 2.13. The highest BCUT2D eigenvalue weighted by Gasteiger charge is 2.21. The Kier molecular flexibility index (Phi) is 2.93. The Morgan fingerprint density at radius 1 is 1.47 bits per heavy atom. The van der Waals surface area contributed by atoms with Crippen molar-refractivity contribution in [1.29, 1.82) is 0 Å². The van der Waals surface area contributed by atoms with Gasteiger partial charge in [0.15, 0.2) is 0 Å². The minimum absolute atomic E-state index is 0.0870. The number of hydrogen-bond acceptors (Lipinski definition) is 3. The Bertz CT molecular complexity index is 351. The Hall–Kier alpha value is -1.06. The molecule has 82 valence electrons. The van der Waals surface area contributed by atoms with Gasteiger partial charge in [-0.05, 0) is 30.5 Å². The van der Waals surface area contributed by atoms with E-state index in [-0.39, 0.29) is 12.7 Å². The van der Waals surface area contributed by atoms with Crippen LogP contribution in [0.5, 0.6) is 0 Å². The average Bonchev–Trinajstić information content (AvgIpc) is 2.64. The Balaban J connectivity index is 2.21. The molecule has 2 N–H and O–H groups in total. The first-order chi connectivity index (χ1) is 7.20. The van der Waals surface area contributed by atoms with Crippen LogP contribution in [0, 0.1) is 6.92 Å². The summed E-state index contributed by atoms with van der Waals surface area (Å²) in [6.45, 7) is 3.77. The van der Waals surface area contributed by atoms with E-state index >= 15 is 0 Å². The molecule has 15 heavy (non-hydrogen) atoms. The van der Waals surface area contributed by atoms with Gasteiger partial charge in [0.25, 0.3) is 0 Å². The van der Waals surface area contributed by atoms with Crippen molar-refractivity contribution in [3.8, 4) is 0 Å². The maximum atomic E-state index is 9.47. The van der Waals surface area contributed by atoms with E-state index < -0.39 is 0 Å². The quantitative estimate of drug-likeness (QED) is 0.762. The van der Waals surface area contributed by atoms with Gasteiger partial charge in [0.1, 0.15) is 0 Å². The monoisotopic (exact) mass is 207 g/mol. The van der Waals surface area contributed by atoms with E-state index in [2.05, 4.69) is 4.90 Å². The molecular weight excluding hydrogens is 190 g/mol. The van der Waals surface area contributed by atoms with Gasteiger partial charge >= 0.3 is 0 Å². The standard InChI is InChI=1S/C12H17NO2/c1-9-6-10(8-14)2-3-12(9)13-5-4-11(15)7-13/h2-3,6,11,14-15H,4-5,7-8H2,1H3. The number of aliphatic hydroxyl groups is 2. The van der Waals surface area contributed by atoms with Crippen molar-refractivity contribution in [2.75, 3.05) is 18.0 Å². The number of β-amino-alcohol motifs (C(OH)–C–C–N with tert-alkyl or cyclic N) is 1. The lowest BCUT2D eigenvalue weighted by Gasteiger charge is -2.20. The summed E-state index contributed by atoms with van der Waals surface area (Å²) in [5.41, 5.74) is 3.27. The summed E-state index contributed by atoms with van der Waals surface area (Å²) < 4.78 is 0. The van der Waals surface area contributed by atoms with Gasteiger partial charge in [0.05, 0.1) is 12.7 Å². The van der Waals surface area contributed by atoms with Gasteiger partial charge in [-0.15, -0.1) is 0 Å². The molecule has 1 aliphatic heterocycles. The molecule has 1 atom stereocenters. The van der Waals surface area contributed by atoms with Crippen LogP contribution >= 0.6 is 0 Å². The average molecular weight is 207 g/mol. The Labute approximate surface area is 90.0 Å². The molecule has 0 aliphatic carbocycles. The SMILES string of the molecule is Cc1cc(CO)ccc1N1CCC(O)C1. The molecule has 0 radical (unpaired) electrons. The van der Waals surface area contributed by atoms with Gasteiger partial charge in [-0.2, -0.15) is 0 Å². The first kappa shape index (κ1) is 10.5. The van der Waals surface area contributed by atoms with Gasteiger partial charge in [-0.3, -0.25) is 0 Å². The maximum Gasteiger partial charge on any atom is 0.0731 e. The fourth-order valence-electron chi connectivity index (χ4n) is 2.13. The molecule has 0 bridgehead atoms. The van der Waals surface area contributed by atoms with Crippen molar-refractivity contribution in [2.45, 2.75) is 26.1 Å². The van der Waals surface area contributed by atoms with E-state index in [4.69, 9.17) is 5.11 Å². The van der Waals surface area contributed by atoms with Crippen LogP contribution in [0.1, 0.15) is 17.5 Å². The number of rotatable bonds is 2. The van der Waals surface area contributed by atoms with Crippen molar-refractivity contribution in [1.82, 2.24) is 0 Å². The third-order valence-corrected chi connectivity index (χ3v) is 2.95. The lowest BCUT2D eigenvalue weighted by molar-refractivity contribution is 0.198. The molecule has 1 aromatic rings. The number of nitrogens with zero attached hydrogens (tertiary/aromatic N) is 1. The molecule has 1 saturated heterocycles. The van der Waals surface area contributed by atoms with Crippen LogP contribution in [-0.2, 0) is 6.61 Å². The molecule has 0 spiro atoms. The predicted molar refractivity (Wildman–Crippen MR) is 59.9 cm³/mol. The summed E-state index contributed by atoms with van der Waals surface area (Å²) in [4.78, 5) is 2.20. The molecule has 2 rings (SSSR count). The summed E-state index contributed by atoms with van der Waals surface area (Å²) in [5, 5.41) is 18.5. The van der Waals surface area contributed by atoms with Gasteiger partial charge in [-0.1, -0.05) is 12.1 Å². The topological polar surface area (TPSA) is 43.7 Å². The van der Waals surface area contributed by atoms with E-state index in [9.17, 15) is 5.11 Å². The Morgan fingerprint density at radius 3 is 2.80 bits per heavy atom. The van der Waals surface area contributed by atoms with Crippen LogP contribution in [0.25, 0.3) is 0 Å². The van der Waals surface area contributed by atoms with Gasteiger partial charge in [0.2, 0.25) is 0 Å². The van der Waals surface area contributed by atoms with Crippen LogP contribution in [0.3, 0.4) is 0 Å². The summed E-state index contributed by atoms with van der Waals surface area (Å²) in [6.07, 6.45) is 0.656. The molecule has 3 heteroatoms. The van der Waals surface area contributed by atoms with E-state index in [0.717, 1.165) is 30.6 Å². The number of benzene rings is 1. The van der Waals surface area contributed by atoms with Crippen LogP contribution in [-0.4, -0.2) is 29.4 Å². The number of aryl methyl sites for hydroxylation is 1. The molecule has 1 heterocycles. The summed E-state index contributed by atoms with van der Waals surface area (Å²) >= 11 is 0. The minimum Gasteiger partial charge on any atom is -0.392 e. The molecule has 1 aromatic carbocycles. The normalized spacial score (nSPS) is 21.0. The van der Waals surface area contributed by atoms with E-state index in [1.54, 1.807) is 0 Å². The highest BCUT2D eigenvalue weighted by molar-refractivity contribution is 5.55. The van der Waals surface area contributed by atoms with Crippen molar-refractivity contribution in [3.63, 3.8) is 0 Å². The summed E-state index contributed by atoms with van der Waals surface area (Å²) in [7, 11) is 0. The highest BCUT2D eigenvalue weighted by Crippen LogP contribution is 2.25. The van der Waals surface area contributed by atoms with E-state index in [0.29, 0.717) is 0 Å². The maximum absolute atomic E-state index is 9.47. The second-order valence-electron chi connectivity index (χ2n) is 4.17. The zero-order valence-corrected chi connectivity index (χ0v) is 8.98. The number of hydrogen-bond donors (Lipinski definition) is 2. The van der Waals surface area contributed by atoms with Gasteiger partial charge in [-0.25, -0.2) is 0 Å². The van der Waals surface area contributed by atoms with Crippen LogP contribution in [0.4, 0.5) is 5.69 Å². The molecule has 1 fully saturated rings. The molecule has 1 aliphatic rings. The molecule has 1 unspecified atom stereocenters. The lowest BCUT2D eigenvalue weighted by atomic mass is 10.1. The van der Waals surface area contributed by atoms with E-state index in [1.165, 1.54) is 5.69 Å². The third kappa shape index (κ3) is 2.13.